The molecule has 5 nitrogen and oxygen atoms in total. The predicted octanol–water partition coefficient (Wildman–Crippen LogP) is 4.06. The van der Waals surface area contributed by atoms with Crippen LogP contribution >= 0.6 is 23.2 Å². The number of carbonyl (C=O) groups excluding carboxylic acids is 2. The van der Waals surface area contributed by atoms with Gasteiger partial charge >= 0.3 is 0 Å². The minimum atomic E-state index is -0.489. The van der Waals surface area contributed by atoms with E-state index in [9.17, 15) is 9.59 Å². The van der Waals surface area contributed by atoms with E-state index in [1.54, 1.807) is 6.92 Å². The Bertz CT molecular complexity index is 783. The number of aryl methyl sites for hydroxylation is 1. The molecule has 0 atom stereocenters. The Labute approximate surface area is 136 Å². The van der Waals surface area contributed by atoms with E-state index in [4.69, 9.17) is 27.6 Å². The number of fused-ring (bicyclic) bond motifs is 1. The van der Waals surface area contributed by atoms with Crippen LogP contribution in [0, 0.1) is 6.92 Å². The molecule has 2 aromatic rings. The lowest BCUT2D eigenvalue weighted by Crippen LogP contribution is -2.14. The Balaban J connectivity index is 1.91. The number of amides is 1. The number of hydrogen-bond acceptors (Lipinski definition) is 4. The van der Waals surface area contributed by atoms with E-state index in [0.29, 0.717) is 34.8 Å². The molecule has 2 heterocycles. The first-order chi connectivity index (χ1) is 10.5. The predicted molar refractivity (Wildman–Crippen MR) is 82.9 cm³/mol. The molecular weight excluding hydrogens is 327 g/mol. The Hall–Kier alpha value is -1.85. The molecular formula is C15H12Cl2N2O3. The highest BCUT2D eigenvalue weighted by Crippen LogP contribution is 2.30. The van der Waals surface area contributed by atoms with E-state index in [1.807, 2.05) is 0 Å². The number of furan rings is 1. The molecule has 1 aliphatic carbocycles. The van der Waals surface area contributed by atoms with Crippen LogP contribution in [0.5, 0.6) is 0 Å². The SMILES string of the molecule is Cc1c(C(=O)Nc2ncc(Cl)cc2Cl)oc2c1C(=O)CCC2. The van der Waals surface area contributed by atoms with E-state index >= 15 is 0 Å². The normalized spacial score (nSPS) is 13.9. The fraction of sp³-hybridized carbons (Fsp3) is 0.267. The van der Waals surface area contributed by atoms with Crippen molar-refractivity contribution in [3.05, 3.63) is 45.0 Å². The molecule has 0 aliphatic heterocycles. The Morgan fingerprint density at radius 2 is 2.14 bits per heavy atom. The molecule has 114 valence electrons. The van der Waals surface area contributed by atoms with Gasteiger partial charge in [0.15, 0.2) is 17.4 Å². The molecule has 7 heteroatoms. The van der Waals surface area contributed by atoms with Gasteiger partial charge < -0.3 is 9.73 Å². The van der Waals surface area contributed by atoms with Gasteiger partial charge in [-0.15, -0.1) is 0 Å². The lowest BCUT2D eigenvalue weighted by molar-refractivity contribution is 0.0963. The Kier molecular flexibility index (Phi) is 3.93. The maximum atomic E-state index is 12.3. The second kappa shape index (κ2) is 5.74. The minimum Gasteiger partial charge on any atom is -0.455 e. The van der Waals surface area contributed by atoms with Crippen molar-refractivity contribution < 1.29 is 14.0 Å². The van der Waals surface area contributed by atoms with Crippen molar-refractivity contribution in [3.63, 3.8) is 0 Å². The minimum absolute atomic E-state index is 0.0178. The van der Waals surface area contributed by atoms with Crippen molar-refractivity contribution in [1.82, 2.24) is 4.98 Å². The zero-order valence-electron chi connectivity index (χ0n) is 11.7. The number of aromatic nitrogens is 1. The van der Waals surface area contributed by atoms with Crippen molar-refractivity contribution in [1.29, 1.82) is 0 Å². The van der Waals surface area contributed by atoms with E-state index in [1.165, 1.54) is 12.3 Å². The van der Waals surface area contributed by atoms with Gasteiger partial charge in [0.25, 0.3) is 5.91 Å². The van der Waals surface area contributed by atoms with Crippen molar-refractivity contribution in [2.45, 2.75) is 26.2 Å². The van der Waals surface area contributed by atoms with Crippen LogP contribution in [0.3, 0.4) is 0 Å². The van der Waals surface area contributed by atoms with Crippen LogP contribution in [0.2, 0.25) is 10.0 Å². The molecule has 0 radical (unpaired) electrons. The third-order valence-corrected chi connectivity index (χ3v) is 4.05. The quantitative estimate of drug-likeness (QED) is 0.895. The van der Waals surface area contributed by atoms with Gasteiger partial charge in [-0.25, -0.2) is 4.98 Å². The fourth-order valence-electron chi connectivity index (χ4n) is 2.54. The summed E-state index contributed by atoms with van der Waals surface area (Å²) in [6.45, 7) is 1.71. The molecule has 3 rings (SSSR count). The van der Waals surface area contributed by atoms with Gasteiger partial charge in [-0.1, -0.05) is 23.2 Å². The van der Waals surface area contributed by atoms with Crippen LogP contribution in [-0.2, 0) is 6.42 Å². The maximum absolute atomic E-state index is 12.3. The second-order valence-corrected chi connectivity index (χ2v) is 5.91. The Morgan fingerprint density at radius 1 is 1.36 bits per heavy atom. The number of halogens is 2. The first kappa shape index (κ1) is 15.1. The zero-order chi connectivity index (χ0) is 15.9. The molecule has 0 saturated heterocycles. The van der Waals surface area contributed by atoms with E-state index in [-0.39, 0.29) is 22.4 Å². The number of pyridine rings is 1. The summed E-state index contributed by atoms with van der Waals surface area (Å²) in [6.07, 6.45) is 3.27. The standard InChI is InChI=1S/C15H12Cl2N2O3/c1-7-12-10(20)3-2-4-11(12)22-13(7)15(21)19-14-9(17)5-8(16)6-18-14/h5-6H,2-4H2,1H3,(H,18,19,21). The van der Waals surface area contributed by atoms with Gasteiger partial charge in [0.2, 0.25) is 0 Å². The Morgan fingerprint density at radius 3 is 2.82 bits per heavy atom. The number of rotatable bonds is 2. The van der Waals surface area contributed by atoms with Crippen LogP contribution in [0.25, 0.3) is 0 Å². The number of Topliss-reactive ketones (excluding diaryl/α,β-unsaturated/α-hetero) is 1. The summed E-state index contributed by atoms with van der Waals surface area (Å²) < 4.78 is 5.58. The molecule has 0 aromatic carbocycles. The van der Waals surface area contributed by atoms with Gasteiger partial charge in [-0.3, -0.25) is 9.59 Å². The summed E-state index contributed by atoms with van der Waals surface area (Å²) in [5, 5.41) is 3.17. The van der Waals surface area contributed by atoms with Crippen molar-refractivity contribution >= 4 is 40.7 Å². The molecule has 1 aliphatic rings. The highest BCUT2D eigenvalue weighted by atomic mass is 35.5. The van der Waals surface area contributed by atoms with Crippen molar-refractivity contribution in [3.8, 4) is 0 Å². The molecule has 0 saturated carbocycles. The number of nitrogens with one attached hydrogen (secondary N) is 1. The first-order valence-corrected chi connectivity index (χ1v) is 7.51. The smallest absolute Gasteiger partial charge is 0.292 e. The summed E-state index contributed by atoms with van der Waals surface area (Å²) >= 11 is 11.7. The molecule has 0 spiro atoms. The fourth-order valence-corrected chi connectivity index (χ4v) is 2.96. The first-order valence-electron chi connectivity index (χ1n) is 6.75. The molecule has 2 aromatic heterocycles. The third kappa shape index (κ3) is 2.62. The molecule has 22 heavy (non-hydrogen) atoms. The van der Waals surface area contributed by atoms with Crippen LogP contribution in [0.1, 0.15) is 45.1 Å². The van der Waals surface area contributed by atoms with Crippen molar-refractivity contribution in [2.24, 2.45) is 0 Å². The lowest BCUT2D eigenvalue weighted by Gasteiger charge is -2.07. The number of anilines is 1. The van der Waals surface area contributed by atoms with Gasteiger partial charge in [0.05, 0.1) is 15.6 Å². The molecule has 0 fully saturated rings. The van der Waals surface area contributed by atoms with E-state index in [2.05, 4.69) is 10.3 Å². The summed E-state index contributed by atoms with van der Waals surface area (Å²) in [5.41, 5.74) is 1.09. The van der Waals surface area contributed by atoms with Crippen LogP contribution in [0.15, 0.2) is 16.7 Å². The van der Waals surface area contributed by atoms with Crippen molar-refractivity contribution in [2.75, 3.05) is 5.32 Å². The van der Waals surface area contributed by atoms with Crippen LogP contribution < -0.4 is 5.32 Å². The van der Waals surface area contributed by atoms with E-state index < -0.39 is 5.91 Å². The number of carbonyl (C=O) groups is 2. The second-order valence-electron chi connectivity index (χ2n) is 5.07. The summed E-state index contributed by atoms with van der Waals surface area (Å²) in [7, 11) is 0. The van der Waals surface area contributed by atoms with Gasteiger partial charge in [-0.2, -0.15) is 0 Å². The topological polar surface area (TPSA) is 72.2 Å². The summed E-state index contributed by atoms with van der Waals surface area (Å²) in [4.78, 5) is 28.3. The van der Waals surface area contributed by atoms with Gasteiger partial charge in [0, 0.05) is 24.6 Å². The van der Waals surface area contributed by atoms with Gasteiger partial charge in [0.1, 0.15) is 5.76 Å². The monoisotopic (exact) mass is 338 g/mol. The van der Waals surface area contributed by atoms with Gasteiger partial charge in [-0.05, 0) is 19.4 Å². The molecule has 1 amide bonds. The largest absolute Gasteiger partial charge is 0.455 e. The summed E-state index contributed by atoms with van der Waals surface area (Å²) in [5.74, 6) is 0.416. The van der Waals surface area contributed by atoms with Crippen LogP contribution in [0.4, 0.5) is 5.82 Å². The zero-order valence-corrected chi connectivity index (χ0v) is 13.2. The highest BCUT2D eigenvalue weighted by molar-refractivity contribution is 6.36. The molecule has 1 N–H and O–H groups in total. The average Bonchev–Trinajstić information content (AvgIpc) is 2.80. The highest BCUT2D eigenvalue weighted by Gasteiger charge is 2.29. The van der Waals surface area contributed by atoms with E-state index in [0.717, 1.165) is 6.42 Å². The van der Waals surface area contributed by atoms with Crippen LogP contribution in [-0.4, -0.2) is 16.7 Å². The summed E-state index contributed by atoms with van der Waals surface area (Å²) in [6, 6.07) is 1.48. The average molecular weight is 339 g/mol. The molecule has 0 bridgehead atoms. The third-order valence-electron chi connectivity index (χ3n) is 3.55. The number of hydrogen-bond donors (Lipinski definition) is 1. The number of ketones is 1. The number of nitrogens with zero attached hydrogens (tertiary/aromatic N) is 1. The lowest BCUT2D eigenvalue weighted by atomic mass is 9.94. The maximum Gasteiger partial charge on any atom is 0.292 e. The molecule has 0 unspecified atom stereocenters.